The lowest BCUT2D eigenvalue weighted by Crippen LogP contribution is -2.59. The Balaban J connectivity index is 1.13. The lowest BCUT2D eigenvalue weighted by molar-refractivity contribution is -0.167. The van der Waals surface area contributed by atoms with Crippen LogP contribution in [0, 0.1) is 58.2 Å². The van der Waals surface area contributed by atoms with Crippen molar-refractivity contribution in [3.8, 4) is 0 Å². The second kappa shape index (κ2) is 20.8. The molecule has 0 aliphatic heterocycles. The molecule has 4 aliphatic rings. The smallest absolute Gasteiger partial charge is 0.393 e. The van der Waals surface area contributed by atoms with Crippen molar-refractivity contribution in [1.82, 2.24) is 10.6 Å². The van der Waals surface area contributed by atoms with Crippen LogP contribution >= 0.6 is 0 Å². The molecule has 4 saturated carbocycles. The molecule has 3 unspecified atom stereocenters. The molecule has 0 aromatic carbocycles. The highest BCUT2D eigenvalue weighted by molar-refractivity contribution is 7.80. The summed E-state index contributed by atoms with van der Waals surface area (Å²) in [6.45, 7) is 19.4. The van der Waals surface area contributed by atoms with Crippen molar-refractivity contribution in [2.75, 3.05) is 19.6 Å². The second-order valence-electron chi connectivity index (χ2n) is 19.8. The third kappa shape index (κ3) is 12.4. The van der Waals surface area contributed by atoms with Gasteiger partial charge in [0, 0.05) is 6.04 Å². The van der Waals surface area contributed by atoms with E-state index < -0.39 is 16.5 Å². The number of hydrogen-bond donors (Lipinski definition) is 4. The Morgan fingerprint density at radius 2 is 1.33 bits per heavy atom. The van der Waals surface area contributed by atoms with E-state index in [0.29, 0.717) is 53.4 Å². The van der Waals surface area contributed by atoms with E-state index in [2.05, 4.69) is 45.3 Å². The van der Waals surface area contributed by atoms with Crippen LogP contribution in [0.4, 0.5) is 0 Å². The van der Waals surface area contributed by atoms with Crippen LogP contribution in [-0.4, -0.2) is 56.0 Å². The standard InChI is InChI=1S/C44H84N2O5S/c1-32(2)18-15-13-11-9-8-10-12-14-16-27-45-28-17-29-46-36-23-25-43(6)35(30-36)31-40(47)42-38-21-20-37(44(38,7)26-24-39(42)43)34(5)19-22-41(33(3)4)51-52(48,49)50/h32-42,45-47H,8-31H2,1-7H3,(H,48,49,50)/t34-,35-,36+,37-,38?,39?,40-,41-,42?,43+,44-/m1/s1. The van der Waals surface area contributed by atoms with E-state index in [1.807, 2.05) is 13.8 Å². The largest absolute Gasteiger partial charge is 0.397 e. The summed E-state index contributed by atoms with van der Waals surface area (Å²) in [5.41, 5.74) is 0.556. The van der Waals surface area contributed by atoms with Crippen LogP contribution in [0.1, 0.15) is 183 Å². The average Bonchev–Trinajstić information content (AvgIpc) is 3.43. The number of unbranched alkanes of at least 4 members (excludes halogenated alkanes) is 8. The van der Waals surface area contributed by atoms with Gasteiger partial charge in [0.25, 0.3) is 0 Å². The van der Waals surface area contributed by atoms with Crippen LogP contribution in [0.15, 0.2) is 0 Å². The minimum Gasteiger partial charge on any atom is -0.393 e. The van der Waals surface area contributed by atoms with Crippen molar-refractivity contribution in [2.45, 2.75) is 202 Å². The quantitative estimate of drug-likeness (QED) is 0.0574. The molecule has 306 valence electrons. The van der Waals surface area contributed by atoms with Gasteiger partial charge in [-0.25, -0.2) is 4.18 Å². The summed E-state index contributed by atoms with van der Waals surface area (Å²) >= 11 is 0. The molecule has 0 radical (unpaired) electrons. The van der Waals surface area contributed by atoms with E-state index in [9.17, 15) is 18.1 Å². The number of hydrogen-bond acceptors (Lipinski definition) is 6. The van der Waals surface area contributed by atoms with Crippen molar-refractivity contribution in [1.29, 1.82) is 0 Å². The molecular weight excluding hydrogens is 669 g/mol. The minimum atomic E-state index is -4.46. The highest BCUT2D eigenvalue weighted by Gasteiger charge is 2.62. The maximum Gasteiger partial charge on any atom is 0.397 e. The van der Waals surface area contributed by atoms with Gasteiger partial charge < -0.3 is 15.7 Å². The molecule has 0 amide bonds. The van der Waals surface area contributed by atoms with Gasteiger partial charge in [-0.15, -0.1) is 0 Å². The lowest BCUT2D eigenvalue weighted by atomic mass is 9.43. The van der Waals surface area contributed by atoms with Crippen LogP contribution in [0.3, 0.4) is 0 Å². The molecule has 11 atom stereocenters. The summed E-state index contributed by atoms with van der Waals surface area (Å²) in [6, 6.07) is 0.585. The fraction of sp³-hybridized carbons (Fsp3) is 1.00. The first-order valence-electron chi connectivity index (χ1n) is 22.4. The summed E-state index contributed by atoms with van der Waals surface area (Å²) in [4.78, 5) is 0. The number of rotatable bonds is 24. The Morgan fingerprint density at radius 1 is 0.712 bits per heavy atom. The highest BCUT2D eigenvalue weighted by atomic mass is 32.3. The van der Waals surface area contributed by atoms with Gasteiger partial charge in [-0.05, 0) is 155 Å². The zero-order valence-electron chi connectivity index (χ0n) is 34.8. The van der Waals surface area contributed by atoms with Gasteiger partial charge in [-0.3, -0.25) is 4.55 Å². The Kier molecular flexibility index (Phi) is 17.8. The van der Waals surface area contributed by atoms with Gasteiger partial charge >= 0.3 is 10.4 Å². The number of aliphatic hydroxyl groups is 1. The average molecular weight is 753 g/mol. The lowest BCUT2D eigenvalue weighted by Gasteiger charge is -2.62. The van der Waals surface area contributed by atoms with Crippen molar-refractivity contribution < 1.29 is 22.3 Å². The van der Waals surface area contributed by atoms with Crippen molar-refractivity contribution in [2.24, 2.45) is 58.2 Å². The summed E-state index contributed by atoms with van der Waals surface area (Å²) < 4.78 is 37.3. The highest BCUT2D eigenvalue weighted by Crippen LogP contribution is 2.68. The van der Waals surface area contributed by atoms with Gasteiger partial charge in [0.15, 0.2) is 0 Å². The number of nitrogens with one attached hydrogen (secondary N) is 2. The van der Waals surface area contributed by atoms with Crippen LogP contribution in [0.5, 0.6) is 0 Å². The third-order valence-electron chi connectivity index (χ3n) is 15.4. The summed E-state index contributed by atoms with van der Waals surface area (Å²) in [5, 5.41) is 19.5. The van der Waals surface area contributed by atoms with Crippen molar-refractivity contribution in [3.63, 3.8) is 0 Å². The van der Waals surface area contributed by atoms with Gasteiger partial charge in [0.2, 0.25) is 0 Å². The van der Waals surface area contributed by atoms with Crippen molar-refractivity contribution >= 4 is 10.4 Å². The molecule has 0 aromatic rings. The summed E-state index contributed by atoms with van der Waals surface area (Å²) in [6.07, 6.45) is 25.6. The van der Waals surface area contributed by atoms with E-state index in [0.717, 1.165) is 38.4 Å². The second-order valence-corrected chi connectivity index (χ2v) is 20.8. The molecule has 4 aliphatic carbocycles. The van der Waals surface area contributed by atoms with E-state index in [1.165, 1.54) is 116 Å². The molecule has 4 rings (SSSR count). The fourth-order valence-electron chi connectivity index (χ4n) is 12.3. The molecule has 4 fully saturated rings. The zero-order valence-corrected chi connectivity index (χ0v) is 35.7. The Hall–Kier alpha value is -0.250. The number of fused-ring (bicyclic) bond motifs is 5. The predicted molar refractivity (Wildman–Crippen MR) is 217 cm³/mol. The molecule has 52 heavy (non-hydrogen) atoms. The maximum atomic E-state index is 11.9. The van der Waals surface area contributed by atoms with E-state index in [-0.39, 0.29) is 17.4 Å². The Morgan fingerprint density at radius 3 is 1.98 bits per heavy atom. The summed E-state index contributed by atoms with van der Waals surface area (Å²) in [7, 11) is -4.46. The van der Waals surface area contributed by atoms with Gasteiger partial charge in [0.05, 0.1) is 12.2 Å². The molecule has 0 spiro atoms. The summed E-state index contributed by atoms with van der Waals surface area (Å²) in [5.74, 6) is 4.10. The molecular formula is C44H84N2O5S. The Labute approximate surface area is 321 Å². The van der Waals surface area contributed by atoms with Crippen LogP contribution < -0.4 is 10.6 Å². The molecule has 0 heterocycles. The van der Waals surface area contributed by atoms with Gasteiger partial charge in [0.1, 0.15) is 0 Å². The number of aliphatic hydroxyl groups excluding tert-OH is 1. The normalized spacial score (nSPS) is 34.6. The first kappa shape index (κ1) is 44.5. The SMILES string of the molecule is CC(C)CCCCCCCCCCCNCCCN[C@H]1CC[C@]2(C)C3CC[C@@]4(C)C(CC[C@@H]4[C@H](C)CC[C@@H](OS(=O)(=O)O)C(C)C)C3[C@H](O)C[C@H]2C1. The maximum absolute atomic E-state index is 11.9. The van der Waals surface area contributed by atoms with E-state index in [4.69, 9.17) is 4.18 Å². The zero-order chi connectivity index (χ0) is 37.9. The van der Waals surface area contributed by atoms with E-state index >= 15 is 0 Å². The molecule has 0 aromatic heterocycles. The molecule has 7 nitrogen and oxygen atoms in total. The van der Waals surface area contributed by atoms with Crippen LogP contribution in [0.2, 0.25) is 0 Å². The third-order valence-corrected chi connectivity index (χ3v) is 15.9. The molecule has 4 N–H and O–H groups in total. The molecule has 0 bridgehead atoms. The minimum absolute atomic E-state index is 0.0169. The first-order chi connectivity index (χ1) is 24.7. The Bertz CT molecular complexity index is 1130. The monoisotopic (exact) mass is 753 g/mol. The fourth-order valence-corrected chi connectivity index (χ4v) is 13.0. The van der Waals surface area contributed by atoms with Crippen LogP contribution in [-0.2, 0) is 14.6 Å². The van der Waals surface area contributed by atoms with Gasteiger partial charge in [-0.2, -0.15) is 8.42 Å². The van der Waals surface area contributed by atoms with Crippen molar-refractivity contribution in [3.05, 3.63) is 0 Å². The van der Waals surface area contributed by atoms with Crippen LogP contribution in [0.25, 0.3) is 0 Å². The molecule has 0 saturated heterocycles. The molecule has 8 heteroatoms. The van der Waals surface area contributed by atoms with Gasteiger partial charge in [-0.1, -0.05) is 106 Å². The first-order valence-corrected chi connectivity index (χ1v) is 23.8. The topological polar surface area (TPSA) is 108 Å². The van der Waals surface area contributed by atoms with E-state index in [1.54, 1.807) is 0 Å². The predicted octanol–water partition coefficient (Wildman–Crippen LogP) is 10.4.